The van der Waals surface area contributed by atoms with Gasteiger partial charge in [-0.25, -0.2) is 0 Å². The summed E-state index contributed by atoms with van der Waals surface area (Å²) < 4.78 is 11.8. The molecular weight excluding hydrogens is 336 g/mol. The molecule has 1 saturated carbocycles. The van der Waals surface area contributed by atoms with Gasteiger partial charge in [0.25, 0.3) is 0 Å². The number of carbonyl (C=O) groups is 1. The molecule has 3 heteroatoms. The van der Waals surface area contributed by atoms with E-state index in [0.29, 0.717) is 6.61 Å². The molecule has 2 rings (SSSR count). The Labute approximate surface area is 167 Å². The summed E-state index contributed by atoms with van der Waals surface area (Å²) in [4.78, 5) is 12.3. The molecule has 2 fully saturated rings. The van der Waals surface area contributed by atoms with Crippen LogP contribution in [0.15, 0.2) is 12.2 Å². The highest BCUT2D eigenvalue weighted by Gasteiger charge is 2.43. The molecule has 27 heavy (non-hydrogen) atoms. The third kappa shape index (κ3) is 8.91. The van der Waals surface area contributed by atoms with Crippen molar-refractivity contribution in [1.29, 1.82) is 0 Å². The van der Waals surface area contributed by atoms with E-state index in [1.54, 1.807) is 6.08 Å². The summed E-state index contributed by atoms with van der Waals surface area (Å²) in [6, 6.07) is 0. The van der Waals surface area contributed by atoms with Crippen LogP contribution < -0.4 is 0 Å². The first-order chi connectivity index (χ1) is 13.3. The topological polar surface area (TPSA) is 35.5 Å². The zero-order chi connectivity index (χ0) is 19.2. The van der Waals surface area contributed by atoms with Gasteiger partial charge < -0.3 is 9.47 Å². The molecule has 1 spiro atoms. The fourth-order valence-corrected chi connectivity index (χ4v) is 4.28. The van der Waals surface area contributed by atoms with Gasteiger partial charge in [-0.2, -0.15) is 0 Å². The summed E-state index contributed by atoms with van der Waals surface area (Å²) in [5.41, 5.74) is 0. The van der Waals surface area contributed by atoms with Gasteiger partial charge in [0, 0.05) is 12.8 Å². The Morgan fingerprint density at radius 2 is 1.48 bits per heavy atom. The van der Waals surface area contributed by atoms with E-state index in [-0.39, 0.29) is 11.9 Å². The highest BCUT2D eigenvalue weighted by molar-refractivity contribution is 5.93. The number of hydrogen-bond donors (Lipinski definition) is 0. The van der Waals surface area contributed by atoms with Crippen LogP contribution in [0.5, 0.6) is 0 Å². The Morgan fingerprint density at radius 3 is 2.11 bits per heavy atom. The third-order valence-electron chi connectivity index (χ3n) is 6.04. The van der Waals surface area contributed by atoms with Crippen molar-refractivity contribution in [2.45, 2.75) is 128 Å². The maximum atomic E-state index is 12.3. The van der Waals surface area contributed by atoms with E-state index in [2.05, 4.69) is 6.92 Å². The lowest BCUT2D eigenvalue weighted by Gasteiger charge is -2.31. The Balaban J connectivity index is 1.43. The lowest BCUT2D eigenvalue weighted by molar-refractivity contribution is -0.187. The van der Waals surface area contributed by atoms with Crippen LogP contribution in [0.3, 0.4) is 0 Å². The molecule has 156 valence electrons. The van der Waals surface area contributed by atoms with Crippen LogP contribution in [-0.4, -0.2) is 24.3 Å². The van der Waals surface area contributed by atoms with Gasteiger partial charge >= 0.3 is 0 Å². The van der Waals surface area contributed by atoms with Gasteiger partial charge in [0.2, 0.25) is 0 Å². The van der Waals surface area contributed by atoms with Crippen molar-refractivity contribution < 1.29 is 14.3 Å². The minimum atomic E-state index is -0.442. The number of carbonyl (C=O) groups excluding carboxylic acids is 1. The summed E-state index contributed by atoms with van der Waals surface area (Å²) in [7, 11) is 0. The summed E-state index contributed by atoms with van der Waals surface area (Å²) in [5, 5.41) is 0. The Bertz CT molecular complexity index is 423. The maximum Gasteiger partial charge on any atom is 0.186 e. The smallest absolute Gasteiger partial charge is 0.186 e. The summed E-state index contributed by atoms with van der Waals surface area (Å²) in [6.45, 7) is 2.70. The molecule has 1 aliphatic heterocycles. The number of ketones is 1. The number of ether oxygens (including phenoxy) is 2. The monoisotopic (exact) mass is 378 g/mol. The highest BCUT2D eigenvalue weighted by atomic mass is 16.7. The average molecular weight is 379 g/mol. The van der Waals surface area contributed by atoms with Gasteiger partial charge in [0.15, 0.2) is 11.6 Å². The maximum absolute atomic E-state index is 12.3. The van der Waals surface area contributed by atoms with Gasteiger partial charge in [0.1, 0.15) is 6.10 Å². The number of unbranched alkanes of at least 4 members (excludes halogenated alkanes) is 11. The van der Waals surface area contributed by atoms with Gasteiger partial charge in [-0.3, -0.25) is 4.79 Å². The van der Waals surface area contributed by atoms with Crippen LogP contribution >= 0.6 is 0 Å². The third-order valence-corrected chi connectivity index (χ3v) is 6.04. The van der Waals surface area contributed by atoms with Crippen molar-refractivity contribution in [2.75, 3.05) is 6.61 Å². The summed E-state index contributed by atoms with van der Waals surface area (Å²) in [5.74, 6) is -0.358. The Hall–Kier alpha value is -0.670. The zero-order valence-electron chi connectivity index (χ0n) is 17.7. The molecule has 1 aliphatic carbocycles. The Kier molecular flexibility index (Phi) is 11.3. The molecule has 1 atom stereocenters. The van der Waals surface area contributed by atoms with E-state index < -0.39 is 5.79 Å². The molecular formula is C24H42O3. The van der Waals surface area contributed by atoms with Crippen molar-refractivity contribution in [1.82, 2.24) is 0 Å². The molecule has 2 aliphatic rings. The quantitative estimate of drug-likeness (QED) is 0.244. The second-order valence-electron chi connectivity index (χ2n) is 8.52. The molecule has 0 amide bonds. The van der Waals surface area contributed by atoms with Crippen LogP contribution in [0.2, 0.25) is 0 Å². The van der Waals surface area contributed by atoms with Crippen LogP contribution in [-0.2, 0) is 14.3 Å². The van der Waals surface area contributed by atoms with Crippen molar-refractivity contribution in [2.24, 2.45) is 0 Å². The second-order valence-corrected chi connectivity index (χ2v) is 8.52. The average Bonchev–Trinajstić information content (AvgIpc) is 3.09. The fraction of sp³-hybridized carbons (Fsp3) is 0.875. The van der Waals surface area contributed by atoms with Crippen molar-refractivity contribution in [3.8, 4) is 0 Å². The highest BCUT2D eigenvalue weighted by Crippen LogP contribution is 2.37. The normalized spacial score (nSPS) is 22.0. The van der Waals surface area contributed by atoms with Gasteiger partial charge in [0.05, 0.1) is 6.61 Å². The van der Waals surface area contributed by atoms with E-state index in [1.165, 1.54) is 77.0 Å². The summed E-state index contributed by atoms with van der Waals surface area (Å²) in [6.07, 6.45) is 24.8. The lowest BCUT2D eigenvalue weighted by atomic mass is 9.94. The number of rotatable bonds is 14. The SMILES string of the molecule is CCCCCCCCCCCCC/C=C/C(=O)C1COC2(CCCCC2)O1. The van der Waals surface area contributed by atoms with Crippen molar-refractivity contribution in [3.05, 3.63) is 12.2 Å². The molecule has 0 bridgehead atoms. The lowest BCUT2D eigenvalue weighted by Crippen LogP contribution is -2.34. The van der Waals surface area contributed by atoms with Crippen molar-refractivity contribution >= 4 is 5.78 Å². The van der Waals surface area contributed by atoms with E-state index in [4.69, 9.17) is 9.47 Å². The van der Waals surface area contributed by atoms with Crippen molar-refractivity contribution in [3.63, 3.8) is 0 Å². The first-order valence-corrected chi connectivity index (χ1v) is 11.8. The number of allylic oxidation sites excluding steroid dienone is 1. The molecule has 0 radical (unpaired) electrons. The molecule has 1 unspecified atom stereocenters. The van der Waals surface area contributed by atoms with E-state index in [1.807, 2.05) is 6.08 Å². The predicted molar refractivity (Wildman–Crippen MR) is 112 cm³/mol. The van der Waals surface area contributed by atoms with Crippen LogP contribution in [0, 0.1) is 0 Å². The zero-order valence-corrected chi connectivity index (χ0v) is 17.7. The Morgan fingerprint density at radius 1 is 0.889 bits per heavy atom. The molecule has 3 nitrogen and oxygen atoms in total. The standard InChI is InChI=1S/C24H42O3/c1-2-3-4-5-6-7-8-9-10-11-12-13-15-18-22(25)23-21-26-24(27-23)19-16-14-17-20-24/h15,18,23H,2-14,16-17,19-21H2,1H3/b18-15+. The fourth-order valence-electron chi connectivity index (χ4n) is 4.28. The van der Waals surface area contributed by atoms with Crippen LogP contribution in [0.1, 0.15) is 116 Å². The minimum absolute atomic E-state index is 0.0838. The van der Waals surface area contributed by atoms with Crippen LogP contribution in [0.4, 0.5) is 0 Å². The van der Waals surface area contributed by atoms with Gasteiger partial charge in [-0.05, 0) is 31.8 Å². The summed E-state index contributed by atoms with van der Waals surface area (Å²) >= 11 is 0. The van der Waals surface area contributed by atoms with Gasteiger partial charge in [-0.15, -0.1) is 0 Å². The van der Waals surface area contributed by atoms with E-state index >= 15 is 0 Å². The van der Waals surface area contributed by atoms with E-state index in [9.17, 15) is 4.79 Å². The first-order valence-electron chi connectivity index (χ1n) is 11.8. The van der Waals surface area contributed by atoms with Gasteiger partial charge in [-0.1, -0.05) is 83.6 Å². The minimum Gasteiger partial charge on any atom is -0.347 e. The number of hydrogen-bond acceptors (Lipinski definition) is 3. The molecule has 1 heterocycles. The van der Waals surface area contributed by atoms with Crippen LogP contribution in [0.25, 0.3) is 0 Å². The molecule has 0 aromatic carbocycles. The predicted octanol–water partition coefficient (Wildman–Crippen LogP) is 6.89. The molecule has 0 aromatic heterocycles. The second kappa shape index (κ2) is 13.5. The molecule has 1 saturated heterocycles. The first kappa shape index (κ1) is 22.6. The molecule has 0 aromatic rings. The largest absolute Gasteiger partial charge is 0.347 e. The van der Waals surface area contributed by atoms with E-state index in [0.717, 1.165) is 32.1 Å². The molecule has 0 N–H and O–H groups in total.